The van der Waals surface area contributed by atoms with E-state index in [1.54, 1.807) is 6.08 Å². The van der Waals surface area contributed by atoms with Gasteiger partial charge in [-0.2, -0.15) is 0 Å². The van der Waals surface area contributed by atoms with E-state index in [4.69, 9.17) is 14.2 Å². The number of allylic oxidation sites excluding steroid dienone is 29. The fourth-order valence-corrected chi connectivity index (χ4v) is 7.18. The van der Waals surface area contributed by atoms with Crippen molar-refractivity contribution in [3.8, 4) is 0 Å². The van der Waals surface area contributed by atoms with Crippen LogP contribution in [0.3, 0.4) is 0 Å². The molecule has 0 saturated carbocycles. The average molecular weight is 1030 g/mol. The second-order valence-electron chi connectivity index (χ2n) is 18.4. The monoisotopic (exact) mass is 1030 g/mol. The van der Waals surface area contributed by atoms with Crippen molar-refractivity contribution in [2.75, 3.05) is 13.2 Å². The molecule has 6 heteroatoms. The summed E-state index contributed by atoms with van der Waals surface area (Å²) in [6, 6.07) is 0. The Morgan fingerprint density at radius 1 is 0.280 bits per heavy atom. The van der Waals surface area contributed by atoms with Crippen molar-refractivity contribution in [1.29, 1.82) is 0 Å². The first kappa shape index (κ1) is 69.5. The molecule has 0 N–H and O–H groups in total. The van der Waals surface area contributed by atoms with E-state index >= 15 is 0 Å². The Bertz CT molecular complexity index is 1800. The Hall–Kier alpha value is -5.49. The highest BCUT2D eigenvalue weighted by Crippen LogP contribution is 2.13. The van der Waals surface area contributed by atoms with Crippen molar-refractivity contribution < 1.29 is 28.6 Å². The van der Waals surface area contributed by atoms with Gasteiger partial charge in [0.25, 0.3) is 0 Å². The molecule has 1 unspecified atom stereocenters. The molecule has 0 saturated heterocycles. The van der Waals surface area contributed by atoms with E-state index in [0.717, 1.165) is 116 Å². The Balaban J connectivity index is 4.59. The fourth-order valence-electron chi connectivity index (χ4n) is 7.18. The van der Waals surface area contributed by atoms with Crippen LogP contribution >= 0.6 is 0 Å². The molecule has 0 rings (SSSR count). The maximum absolute atomic E-state index is 12.8. The predicted molar refractivity (Wildman–Crippen MR) is 324 cm³/mol. The smallest absolute Gasteiger partial charge is 0.309 e. The molecular formula is C69H104O6. The van der Waals surface area contributed by atoms with Gasteiger partial charge >= 0.3 is 17.9 Å². The molecule has 6 nitrogen and oxygen atoms in total. The number of esters is 3. The number of unbranched alkanes of at least 4 members (excludes halogenated alkanes) is 10. The van der Waals surface area contributed by atoms with Gasteiger partial charge in [-0.3, -0.25) is 14.4 Å². The van der Waals surface area contributed by atoms with Crippen LogP contribution in [0.15, 0.2) is 182 Å². The van der Waals surface area contributed by atoms with Crippen molar-refractivity contribution in [1.82, 2.24) is 0 Å². The van der Waals surface area contributed by atoms with Gasteiger partial charge in [-0.05, 0) is 122 Å². The maximum atomic E-state index is 12.8. The largest absolute Gasteiger partial charge is 0.462 e. The van der Waals surface area contributed by atoms with Gasteiger partial charge in [0, 0.05) is 12.8 Å². The van der Waals surface area contributed by atoms with E-state index in [2.05, 4.69) is 179 Å². The summed E-state index contributed by atoms with van der Waals surface area (Å²) >= 11 is 0. The first-order valence-electron chi connectivity index (χ1n) is 29.3. The molecule has 0 aliphatic rings. The Kier molecular flexibility index (Phi) is 56.6. The van der Waals surface area contributed by atoms with Gasteiger partial charge < -0.3 is 14.2 Å². The van der Waals surface area contributed by atoms with Crippen LogP contribution in [0.5, 0.6) is 0 Å². The highest BCUT2D eigenvalue weighted by atomic mass is 16.6. The molecule has 0 aromatic heterocycles. The lowest BCUT2D eigenvalue weighted by Gasteiger charge is -2.18. The van der Waals surface area contributed by atoms with Crippen LogP contribution in [-0.4, -0.2) is 37.2 Å². The molecule has 0 heterocycles. The minimum absolute atomic E-state index is 0.101. The van der Waals surface area contributed by atoms with Crippen molar-refractivity contribution >= 4 is 17.9 Å². The van der Waals surface area contributed by atoms with Gasteiger partial charge in [0.1, 0.15) is 13.2 Å². The lowest BCUT2D eigenvalue weighted by atomic mass is 10.1. The first-order chi connectivity index (χ1) is 37.0. The summed E-state index contributed by atoms with van der Waals surface area (Å²) in [5.74, 6) is -1.19. The van der Waals surface area contributed by atoms with Crippen LogP contribution in [0.25, 0.3) is 0 Å². The lowest BCUT2D eigenvalue weighted by molar-refractivity contribution is -0.166. The Labute approximate surface area is 459 Å². The average Bonchev–Trinajstić information content (AvgIpc) is 3.41. The number of rotatable bonds is 50. The van der Waals surface area contributed by atoms with Gasteiger partial charge in [0.05, 0.1) is 6.42 Å². The van der Waals surface area contributed by atoms with E-state index in [1.165, 1.54) is 44.9 Å². The van der Waals surface area contributed by atoms with E-state index < -0.39 is 18.0 Å². The summed E-state index contributed by atoms with van der Waals surface area (Å²) in [5, 5.41) is 0. The Morgan fingerprint density at radius 3 is 0.920 bits per heavy atom. The minimum atomic E-state index is -0.871. The number of hydrogen-bond donors (Lipinski definition) is 0. The van der Waals surface area contributed by atoms with Gasteiger partial charge in [0.15, 0.2) is 6.10 Å². The molecular weight excluding hydrogens is 925 g/mol. The molecule has 0 spiro atoms. The molecule has 416 valence electrons. The molecule has 0 aliphatic heterocycles. The zero-order valence-corrected chi connectivity index (χ0v) is 47.5. The summed E-state index contributed by atoms with van der Waals surface area (Å²) in [4.78, 5) is 38.1. The molecule has 1 atom stereocenters. The molecule has 75 heavy (non-hydrogen) atoms. The summed E-state index contributed by atoms with van der Waals surface area (Å²) in [5.41, 5.74) is 0. The van der Waals surface area contributed by atoms with Crippen LogP contribution in [0.4, 0.5) is 0 Å². The van der Waals surface area contributed by atoms with Crippen molar-refractivity contribution in [3.63, 3.8) is 0 Å². The third-order valence-corrected chi connectivity index (χ3v) is 11.4. The molecule has 0 aliphatic carbocycles. The van der Waals surface area contributed by atoms with Gasteiger partial charge in [0.2, 0.25) is 0 Å². The number of carbonyl (C=O) groups excluding carboxylic acids is 3. The van der Waals surface area contributed by atoms with Crippen LogP contribution in [0, 0.1) is 0 Å². The summed E-state index contributed by atoms with van der Waals surface area (Å²) in [7, 11) is 0. The predicted octanol–water partition coefficient (Wildman–Crippen LogP) is 20.1. The van der Waals surface area contributed by atoms with Gasteiger partial charge in [-0.1, -0.05) is 254 Å². The maximum Gasteiger partial charge on any atom is 0.309 e. The highest BCUT2D eigenvalue weighted by Gasteiger charge is 2.19. The van der Waals surface area contributed by atoms with Crippen molar-refractivity contribution in [3.05, 3.63) is 182 Å². The standard InChI is InChI=1S/C69H104O6/c1-4-7-10-13-16-19-22-25-28-30-32-33-34-35-37-38-41-44-47-50-53-56-59-62-68(71)74-65-66(64-73-67(70)61-58-55-52-49-46-43-40-27-24-21-18-15-12-9-6-3)75-69(72)63-60-57-54-51-48-45-42-39-36-31-29-26-23-20-17-14-11-8-5-2/h7-12,16-21,25-29,32-33,36,39-40,45-46,48-49,54-55,57-58,66H,4-6,13-15,22-24,30-31,34-35,37-38,41-44,47,50-53,56,59-65H2,1-3H3/b10-7-,11-8-,12-9-,19-16-,20-17-,21-18-,28-25-,29-26-,33-32-,39-36-,40-27-,48-45-,49-46-,57-54-,58-55-. The molecule has 0 radical (unpaired) electrons. The summed E-state index contributed by atoms with van der Waals surface area (Å²) in [6.07, 6.45) is 92.1. The second-order valence-corrected chi connectivity index (χ2v) is 18.4. The summed E-state index contributed by atoms with van der Waals surface area (Å²) < 4.78 is 16.7. The van der Waals surface area contributed by atoms with Crippen molar-refractivity contribution in [2.24, 2.45) is 0 Å². The van der Waals surface area contributed by atoms with Gasteiger partial charge in [-0.25, -0.2) is 0 Å². The van der Waals surface area contributed by atoms with E-state index in [9.17, 15) is 14.4 Å². The van der Waals surface area contributed by atoms with Crippen LogP contribution < -0.4 is 0 Å². The Morgan fingerprint density at radius 2 is 0.560 bits per heavy atom. The molecule has 0 aromatic carbocycles. The van der Waals surface area contributed by atoms with Crippen LogP contribution in [0.1, 0.15) is 213 Å². The number of ether oxygens (including phenoxy) is 3. The molecule has 0 fully saturated rings. The van der Waals surface area contributed by atoms with Crippen molar-refractivity contribution in [2.45, 2.75) is 219 Å². The minimum Gasteiger partial charge on any atom is -0.462 e. The highest BCUT2D eigenvalue weighted by molar-refractivity contribution is 5.72. The quantitative estimate of drug-likeness (QED) is 0.0261. The second kappa shape index (κ2) is 61.1. The fraction of sp³-hybridized carbons (Fsp3) is 0.522. The van der Waals surface area contributed by atoms with E-state index in [1.807, 2.05) is 18.2 Å². The lowest BCUT2D eigenvalue weighted by Crippen LogP contribution is -2.30. The summed E-state index contributed by atoms with van der Waals surface area (Å²) in [6.45, 7) is 6.12. The normalized spacial score (nSPS) is 13.5. The first-order valence-corrected chi connectivity index (χ1v) is 29.3. The number of hydrogen-bond acceptors (Lipinski definition) is 6. The van der Waals surface area contributed by atoms with Crippen LogP contribution in [0.2, 0.25) is 0 Å². The third-order valence-electron chi connectivity index (χ3n) is 11.4. The van der Waals surface area contributed by atoms with E-state index in [0.29, 0.717) is 19.3 Å². The van der Waals surface area contributed by atoms with E-state index in [-0.39, 0.29) is 32.0 Å². The zero-order chi connectivity index (χ0) is 54.3. The third kappa shape index (κ3) is 59.3. The topological polar surface area (TPSA) is 78.9 Å². The molecule has 0 amide bonds. The number of carbonyl (C=O) groups is 3. The molecule has 0 aromatic rings. The molecule has 0 bridgehead atoms. The SMILES string of the molecule is CC/C=C\C/C=C\C/C=C\C/C=C\C/C=C\C/C=C\CCC(=O)OC(COC(=O)C/C=C\C/C=C\C/C=C\C/C=C\C/C=C\CC)COC(=O)CCCCCCCCCCCC/C=C\C/C=C\C/C=C\C/C=C\CC. The zero-order valence-electron chi connectivity index (χ0n) is 47.5. The van der Waals surface area contributed by atoms with Gasteiger partial charge in [-0.15, -0.1) is 0 Å². The van der Waals surface area contributed by atoms with Crippen LogP contribution in [-0.2, 0) is 28.6 Å².